The summed E-state index contributed by atoms with van der Waals surface area (Å²) in [6, 6.07) is 6.01. The summed E-state index contributed by atoms with van der Waals surface area (Å²) >= 11 is 1.43. The van der Waals surface area contributed by atoms with E-state index in [0.29, 0.717) is 0 Å². The molecule has 3 nitrogen and oxygen atoms in total. The van der Waals surface area contributed by atoms with Crippen molar-refractivity contribution < 1.29 is 14.3 Å². The molecule has 0 radical (unpaired) electrons. The minimum Gasteiger partial charge on any atom is -0.481 e. The van der Waals surface area contributed by atoms with Crippen molar-refractivity contribution in [2.75, 3.05) is 0 Å². The average Bonchev–Trinajstić information content (AvgIpc) is 2.85. The largest absolute Gasteiger partial charge is 0.481 e. The lowest BCUT2D eigenvalue weighted by Gasteiger charge is -2.15. The highest BCUT2D eigenvalue weighted by atomic mass is 32.1. The fourth-order valence-electron chi connectivity index (χ4n) is 2.01. The van der Waals surface area contributed by atoms with Crippen LogP contribution >= 0.6 is 11.3 Å². The lowest BCUT2D eigenvalue weighted by atomic mass is 9.93. The maximum atomic E-state index is 13.8. The van der Waals surface area contributed by atoms with Gasteiger partial charge in [-0.05, 0) is 6.07 Å². The van der Waals surface area contributed by atoms with Gasteiger partial charge in [-0.25, -0.2) is 9.37 Å². The van der Waals surface area contributed by atoms with Gasteiger partial charge < -0.3 is 5.11 Å². The number of carboxylic acids is 1. The van der Waals surface area contributed by atoms with E-state index in [1.165, 1.54) is 23.5 Å². The standard InChI is InChI=1S/C16H18FNO2S/c1-16(2,3)13-9-21-14(18-13)8-11(15(19)20)10-6-4-5-7-12(10)17/h4-7,9,11H,8H2,1-3H3,(H,19,20). The second-order valence-electron chi connectivity index (χ2n) is 5.99. The molecule has 112 valence electrons. The van der Waals surface area contributed by atoms with E-state index in [1.54, 1.807) is 12.1 Å². The molecule has 0 aliphatic carbocycles. The number of carbonyl (C=O) groups is 1. The molecule has 0 spiro atoms. The third-order valence-electron chi connectivity index (χ3n) is 3.28. The minimum absolute atomic E-state index is 0.0779. The molecule has 1 N–H and O–H groups in total. The summed E-state index contributed by atoms with van der Waals surface area (Å²) in [4.78, 5) is 16.0. The van der Waals surface area contributed by atoms with Crippen LogP contribution in [0.25, 0.3) is 0 Å². The maximum Gasteiger partial charge on any atom is 0.311 e. The third kappa shape index (κ3) is 3.67. The third-order valence-corrected chi connectivity index (χ3v) is 4.15. The van der Waals surface area contributed by atoms with Crippen LogP contribution in [0.1, 0.15) is 43.0 Å². The Morgan fingerprint density at radius 1 is 1.38 bits per heavy atom. The van der Waals surface area contributed by atoms with Gasteiger partial charge in [0.2, 0.25) is 0 Å². The van der Waals surface area contributed by atoms with Crippen LogP contribution in [-0.2, 0) is 16.6 Å². The zero-order chi connectivity index (χ0) is 15.6. The quantitative estimate of drug-likeness (QED) is 0.929. The van der Waals surface area contributed by atoms with E-state index in [2.05, 4.69) is 25.8 Å². The molecule has 1 aromatic carbocycles. The lowest BCUT2D eigenvalue weighted by Crippen LogP contribution is -2.16. The van der Waals surface area contributed by atoms with E-state index in [4.69, 9.17) is 0 Å². The minimum atomic E-state index is -1.03. The molecule has 0 bridgehead atoms. The fraction of sp³-hybridized carbons (Fsp3) is 0.375. The molecule has 0 aliphatic rings. The van der Waals surface area contributed by atoms with Gasteiger partial charge in [0.05, 0.1) is 16.6 Å². The summed E-state index contributed by atoms with van der Waals surface area (Å²) in [6.07, 6.45) is 0.205. The molecule has 1 heterocycles. The molecule has 0 saturated carbocycles. The SMILES string of the molecule is CC(C)(C)c1csc(CC(C(=O)O)c2ccccc2F)n1. The molecule has 21 heavy (non-hydrogen) atoms. The van der Waals surface area contributed by atoms with Crippen LogP contribution < -0.4 is 0 Å². The summed E-state index contributed by atoms with van der Waals surface area (Å²) in [5.41, 5.74) is 1.06. The molecule has 5 heteroatoms. The van der Waals surface area contributed by atoms with Gasteiger partial charge in [-0.15, -0.1) is 11.3 Å². The van der Waals surface area contributed by atoms with Crippen molar-refractivity contribution >= 4 is 17.3 Å². The van der Waals surface area contributed by atoms with Crippen molar-refractivity contribution in [2.24, 2.45) is 0 Å². The Morgan fingerprint density at radius 2 is 2.05 bits per heavy atom. The average molecular weight is 307 g/mol. The molecule has 2 rings (SSSR count). The molecule has 1 aromatic heterocycles. The molecule has 1 unspecified atom stereocenters. The Bertz CT molecular complexity index is 646. The van der Waals surface area contributed by atoms with Gasteiger partial charge in [-0.3, -0.25) is 4.79 Å². The van der Waals surface area contributed by atoms with Gasteiger partial charge in [0, 0.05) is 22.8 Å². The number of carboxylic acid groups (broad SMARTS) is 1. The lowest BCUT2D eigenvalue weighted by molar-refractivity contribution is -0.138. The fourth-order valence-corrected chi connectivity index (χ4v) is 3.08. The number of aromatic nitrogens is 1. The predicted octanol–water partition coefficient (Wildman–Crippen LogP) is 3.99. The normalized spacial score (nSPS) is 13.1. The first-order valence-corrected chi connectivity index (χ1v) is 7.59. The zero-order valence-corrected chi connectivity index (χ0v) is 13.1. The van der Waals surface area contributed by atoms with Crippen molar-refractivity contribution in [1.29, 1.82) is 0 Å². The maximum absolute atomic E-state index is 13.8. The summed E-state index contributed by atoms with van der Waals surface area (Å²) in [5.74, 6) is -2.43. The summed E-state index contributed by atoms with van der Waals surface area (Å²) < 4.78 is 13.8. The smallest absolute Gasteiger partial charge is 0.311 e. The first-order chi connectivity index (χ1) is 9.79. The van der Waals surface area contributed by atoms with Gasteiger partial charge in [0.1, 0.15) is 5.82 Å². The Hall–Kier alpha value is -1.75. The molecule has 0 fully saturated rings. The Kier molecular flexibility index (Phi) is 4.42. The Labute approximate surface area is 127 Å². The van der Waals surface area contributed by atoms with Crippen LogP contribution in [0.15, 0.2) is 29.6 Å². The molecule has 1 atom stereocenters. The molecule has 0 amide bonds. The number of halogens is 1. The van der Waals surface area contributed by atoms with Crippen molar-refractivity contribution in [3.8, 4) is 0 Å². The monoisotopic (exact) mass is 307 g/mol. The topological polar surface area (TPSA) is 50.2 Å². The first kappa shape index (κ1) is 15.6. The number of rotatable bonds is 4. The van der Waals surface area contributed by atoms with Gasteiger partial charge >= 0.3 is 5.97 Å². The van der Waals surface area contributed by atoms with Gasteiger partial charge in [0.15, 0.2) is 0 Å². The number of thiazole rings is 1. The second kappa shape index (κ2) is 5.93. The van der Waals surface area contributed by atoms with E-state index in [1.807, 2.05) is 5.38 Å². The van der Waals surface area contributed by atoms with Crippen LogP contribution in [0.4, 0.5) is 4.39 Å². The molecule has 2 aromatic rings. The molecular weight excluding hydrogens is 289 g/mol. The molecule has 0 aliphatic heterocycles. The summed E-state index contributed by atoms with van der Waals surface area (Å²) in [5, 5.41) is 12.0. The van der Waals surface area contributed by atoms with Gasteiger partial charge in [-0.2, -0.15) is 0 Å². The highest BCUT2D eigenvalue weighted by Crippen LogP contribution is 2.28. The second-order valence-corrected chi connectivity index (χ2v) is 6.94. The first-order valence-electron chi connectivity index (χ1n) is 6.71. The van der Waals surface area contributed by atoms with Crippen molar-refractivity contribution in [3.05, 3.63) is 51.7 Å². The predicted molar refractivity (Wildman–Crippen MR) is 81.3 cm³/mol. The van der Waals surface area contributed by atoms with Crippen molar-refractivity contribution in [3.63, 3.8) is 0 Å². The summed E-state index contributed by atoms with van der Waals surface area (Å²) in [7, 11) is 0. The number of aliphatic carboxylic acids is 1. The van der Waals surface area contributed by atoms with Crippen molar-refractivity contribution in [2.45, 2.75) is 38.5 Å². The molecular formula is C16H18FNO2S. The Balaban J connectivity index is 2.28. The van der Waals surface area contributed by atoms with Crippen LogP contribution in [0.2, 0.25) is 0 Å². The van der Waals surface area contributed by atoms with Crippen molar-refractivity contribution in [1.82, 2.24) is 4.98 Å². The summed E-state index contributed by atoms with van der Waals surface area (Å²) in [6.45, 7) is 6.16. The number of nitrogens with zero attached hydrogens (tertiary/aromatic N) is 1. The van der Waals surface area contributed by atoms with Gasteiger partial charge in [-0.1, -0.05) is 39.0 Å². The van der Waals surface area contributed by atoms with Crippen LogP contribution in [-0.4, -0.2) is 16.1 Å². The van der Waals surface area contributed by atoms with E-state index in [9.17, 15) is 14.3 Å². The number of hydrogen-bond acceptors (Lipinski definition) is 3. The van der Waals surface area contributed by atoms with Crippen LogP contribution in [0.3, 0.4) is 0 Å². The van der Waals surface area contributed by atoms with Gasteiger partial charge in [0.25, 0.3) is 0 Å². The van der Waals surface area contributed by atoms with E-state index >= 15 is 0 Å². The Morgan fingerprint density at radius 3 is 2.57 bits per heavy atom. The highest BCUT2D eigenvalue weighted by Gasteiger charge is 2.25. The van der Waals surface area contributed by atoms with E-state index in [0.717, 1.165) is 10.7 Å². The number of hydrogen-bond donors (Lipinski definition) is 1. The zero-order valence-electron chi connectivity index (χ0n) is 12.3. The van der Waals surface area contributed by atoms with E-state index < -0.39 is 17.7 Å². The highest BCUT2D eigenvalue weighted by molar-refractivity contribution is 7.09. The van der Waals surface area contributed by atoms with Crippen LogP contribution in [0, 0.1) is 5.82 Å². The molecule has 0 saturated heterocycles. The van der Waals surface area contributed by atoms with Crippen LogP contribution in [0.5, 0.6) is 0 Å². The number of benzene rings is 1. The van der Waals surface area contributed by atoms with E-state index in [-0.39, 0.29) is 17.4 Å².